The van der Waals surface area contributed by atoms with Gasteiger partial charge in [-0.3, -0.25) is 0 Å². The number of hydrogen-bond acceptors (Lipinski definition) is 1. The molecule has 0 aliphatic heterocycles. The molecule has 0 aliphatic rings. The molecule has 0 N–H and O–H groups in total. The average molecular weight is 451 g/mol. The number of nitrogens with zero attached hydrogens (tertiary/aromatic N) is 1. The van der Waals surface area contributed by atoms with Crippen LogP contribution in [0.3, 0.4) is 0 Å². The van der Waals surface area contributed by atoms with Crippen LogP contribution in [-0.4, -0.2) is 0 Å². The van der Waals surface area contributed by atoms with Crippen LogP contribution in [0.1, 0.15) is 5.56 Å². The molecule has 166 valence electrons. The monoisotopic (exact) mass is 450 g/mol. The fourth-order valence-corrected chi connectivity index (χ4v) is 5.50. The molecule has 2 heterocycles. The summed E-state index contributed by atoms with van der Waals surface area (Å²) in [5.74, 6) is 0. The van der Waals surface area contributed by atoms with Crippen molar-refractivity contribution >= 4 is 43.5 Å². The van der Waals surface area contributed by atoms with E-state index in [1.807, 2.05) is 0 Å². The lowest BCUT2D eigenvalue weighted by atomic mass is 9.92. The second-order valence-corrected chi connectivity index (χ2v) is 9.33. The summed E-state index contributed by atoms with van der Waals surface area (Å²) in [4.78, 5) is 0. The number of aryl methyl sites for hydroxylation is 2. The van der Waals surface area contributed by atoms with Gasteiger partial charge < -0.3 is 4.42 Å². The van der Waals surface area contributed by atoms with Gasteiger partial charge >= 0.3 is 0 Å². The van der Waals surface area contributed by atoms with E-state index in [4.69, 9.17) is 4.42 Å². The van der Waals surface area contributed by atoms with E-state index in [-0.39, 0.29) is 0 Å². The molecule has 0 aliphatic carbocycles. The maximum absolute atomic E-state index is 6.51. The van der Waals surface area contributed by atoms with E-state index in [0.29, 0.717) is 0 Å². The van der Waals surface area contributed by atoms with Crippen LogP contribution in [0.15, 0.2) is 114 Å². The Morgan fingerprint density at radius 1 is 0.629 bits per heavy atom. The Balaban J connectivity index is 1.52. The molecular weight excluding hydrogens is 426 g/mol. The van der Waals surface area contributed by atoms with Crippen molar-refractivity contribution in [2.45, 2.75) is 6.92 Å². The van der Waals surface area contributed by atoms with Gasteiger partial charge in [-0.15, -0.1) is 0 Å². The predicted octanol–water partition coefficient (Wildman–Crippen LogP) is 8.36. The second kappa shape index (κ2) is 7.54. The van der Waals surface area contributed by atoms with Gasteiger partial charge in [0.05, 0.1) is 5.56 Å². The molecule has 0 spiro atoms. The average Bonchev–Trinajstić information content (AvgIpc) is 3.26. The predicted molar refractivity (Wildman–Crippen MR) is 146 cm³/mol. The van der Waals surface area contributed by atoms with Gasteiger partial charge in [0.25, 0.3) is 0 Å². The Kier molecular flexibility index (Phi) is 4.31. The molecule has 35 heavy (non-hydrogen) atoms. The Morgan fingerprint density at radius 3 is 2.26 bits per heavy atom. The highest BCUT2D eigenvalue weighted by atomic mass is 16.3. The van der Waals surface area contributed by atoms with Crippen LogP contribution in [0, 0.1) is 6.92 Å². The van der Waals surface area contributed by atoms with Gasteiger partial charge in [0.1, 0.15) is 18.2 Å². The minimum atomic E-state index is 0.916. The maximum Gasteiger partial charge on any atom is 0.216 e. The van der Waals surface area contributed by atoms with Gasteiger partial charge in [0.15, 0.2) is 6.20 Å². The quantitative estimate of drug-likeness (QED) is 0.191. The first-order valence-electron chi connectivity index (χ1n) is 12.0. The number of pyridine rings is 1. The summed E-state index contributed by atoms with van der Waals surface area (Å²) in [7, 11) is 2.08. The Labute approximate surface area is 203 Å². The molecule has 2 nitrogen and oxygen atoms in total. The summed E-state index contributed by atoms with van der Waals surface area (Å²) in [6.45, 7) is 2.15. The first kappa shape index (κ1) is 20.0. The molecule has 0 fully saturated rings. The summed E-state index contributed by atoms with van der Waals surface area (Å²) in [5, 5.41) is 7.40. The van der Waals surface area contributed by atoms with Crippen molar-refractivity contribution in [1.29, 1.82) is 0 Å². The lowest BCUT2D eigenvalue weighted by Gasteiger charge is -2.11. The van der Waals surface area contributed by atoms with Crippen LogP contribution in [0.4, 0.5) is 0 Å². The van der Waals surface area contributed by atoms with Crippen molar-refractivity contribution in [3.05, 3.63) is 115 Å². The van der Waals surface area contributed by atoms with Gasteiger partial charge in [-0.25, -0.2) is 4.57 Å². The highest BCUT2D eigenvalue weighted by molar-refractivity contribution is 6.15. The van der Waals surface area contributed by atoms with Crippen LogP contribution in [0.5, 0.6) is 0 Å². The van der Waals surface area contributed by atoms with Crippen molar-refractivity contribution in [2.24, 2.45) is 7.05 Å². The summed E-state index contributed by atoms with van der Waals surface area (Å²) < 4.78 is 8.66. The molecule has 0 unspecified atom stereocenters. The van der Waals surface area contributed by atoms with Crippen LogP contribution in [0.25, 0.3) is 65.9 Å². The first-order valence-corrected chi connectivity index (χ1v) is 12.0. The molecule has 5 aromatic carbocycles. The number of aromatic nitrogens is 1. The van der Waals surface area contributed by atoms with Crippen LogP contribution < -0.4 is 4.57 Å². The zero-order valence-electron chi connectivity index (χ0n) is 19.7. The molecule has 7 aromatic rings. The minimum absolute atomic E-state index is 0.916. The van der Waals surface area contributed by atoms with Gasteiger partial charge in [-0.05, 0) is 69.4 Å². The van der Waals surface area contributed by atoms with E-state index in [1.165, 1.54) is 38.2 Å². The van der Waals surface area contributed by atoms with Crippen molar-refractivity contribution in [1.82, 2.24) is 0 Å². The number of hydrogen-bond donors (Lipinski definition) is 0. The zero-order chi connectivity index (χ0) is 23.5. The minimum Gasteiger partial charge on any atom is -0.455 e. The Hall–Kier alpha value is -4.43. The van der Waals surface area contributed by atoms with Gasteiger partial charge in [-0.2, -0.15) is 0 Å². The van der Waals surface area contributed by atoms with Crippen LogP contribution in [-0.2, 0) is 7.05 Å². The Bertz CT molecular complexity index is 1930. The SMILES string of the molecule is Cc1ccc2c(oc3ccc(-c4cc5ccccc5c5ccccc45)cc32)c1-c1cccc[n+]1C. The van der Waals surface area contributed by atoms with E-state index in [0.717, 1.165) is 33.2 Å². The molecule has 0 radical (unpaired) electrons. The van der Waals surface area contributed by atoms with Crippen LogP contribution >= 0.6 is 0 Å². The van der Waals surface area contributed by atoms with Crippen molar-refractivity contribution in [3.63, 3.8) is 0 Å². The van der Waals surface area contributed by atoms with E-state index in [2.05, 4.69) is 128 Å². The summed E-state index contributed by atoms with van der Waals surface area (Å²) in [6.07, 6.45) is 2.08. The van der Waals surface area contributed by atoms with Gasteiger partial charge in [-0.1, -0.05) is 66.7 Å². The molecule has 0 saturated carbocycles. The number of furan rings is 1. The zero-order valence-corrected chi connectivity index (χ0v) is 19.7. The fourth-order valence-electron chi connectivity index (χ4n) is 5.50. The topological polar surface area (TPSA) is 17.0 Å². The van der Waals surface area contributed by atoms with Crippen molar-refractivity contribution < 1.29 is 8.98 Å². The smallest absolute Gasteiger partial charge is 0.216 e. The molecule has 0 amide bonds. The maximum atomic E-state index is 6.51. The third-order valence-corrected chi connectivity index (χ3v) is 7.24. The molecule has 2 heteroatoms. The third kappa shape index (κ3) is 3.00. The number of rotatable bonds is 2. The number of fused-ring (bicyclic) bond motifs is 6. The van der Waals surface area contributed by atoms with Gasteiger partial charge in [0.2, 0.25) is 5.69 Å². The number of benzene rings is 5. The molecule has 0 saturated heterocycles. The molecular formula is C33H24NO+. The first-order chi connectivity index (χ1) is 17.2. The largest absolute Gasteiger partial charge is 0.455 e. The molecule has 2 aromatic heterocycles. The van der Waals surface area contributed by atoms with Crippen molar-refractivity contribution in [3.8, 4) is 22.4 Å². The lowest BCUT2D eigenvalue weighted by molar-refractivity contribution is -0.660. The molecule has 0 atom stereocenters. The molecule has 0 bridgehead atoms. The highest BCUT2D eigenvalue weighted by Gasteiger charge is 2.20. The summed E-state index contributed by atoms with van der Waals surface area (Å²) >= 11 is 0. The highest BCUT2D eigenvalue weighted by Crippen LogP contribution is 2.40. The Morgan fingerprint density at radius 2 is 1.40 bits per heavy atom. The van der Waals surface area contributed by atoms with E-state index >= 15 is 0 Å². The van der Waals surface area contributed by atoms with E-state index < -0.39 is 0 Å². The second-order valence-electron chi connectivity index (χ2n) is 9.33. The van der Waals surface area contributed by atoms with Crippen LogP contribution in [0.2, 0.25) is 0 Å². The summed E-state index contributed by atoms with van der Waals surface area (Å²) in [5.41, 5.74) is 7.82. The summed E-state index contributed by atoms with van der Waals surface area (Å²) in [6, 6.07) is 37.0. The lowest BCUT2D eigenvalue weighted by Crippen LogP contribution is -2.30. The normalized spacial score (nSPS) is 11.7. The third-order valence-electron chi connectivity index (χ3n) is 7.24. The fraction of sp³-hybridized carbons (Fsp3) is 0.0606. The molecule has 7 rings (SSSR count). The van der Waals surface area contributed by atoms with E-state index in [1.54, 1.807) is 0 Å². The standard InChI is InChI=1S/C33H24NO/c1-21-14-16-27-29-20-23(15-17-31(29)35-33(27)32(21)30-13-7-8-18-34(30)2)28-19-22-9-3-4-10-24(22)25-11-5-6-12-26(25)28/h3-20H,1-2H3/q+1. The van der Waals surface area contributed by atoms with Gasteiger partial charge in [0, 0.05) is 22.9 Å². The van der Waals surface area contributed by atoms with E-state index in [9.17, 15) is 0 Å². The van der Waals surface area contributed by atoms with Crippen molar-refractivity contribution in [2.75, 3.05) is 0 Å².